The Morgan fingerprint density at radius 3 is 2.40 bits per heavy atom. The van der Waals surface area contributed by atoms with Crippen LogP contribution in [0.2, 0.25) is 0 Å². The molecule has 15 heavy (non-hydrogen) atoms. The molecular formula is C12H27N3. The maximum Gasteiger partial charge on any atom is 0.0139 e. The standard InChI is InChI=1S/C12H27N3/c1-11(13)10-15-8-5-12(6-9-15)4-7-14(2)3/h11-12H,4-10,13H2,1-3H3. The van der Waals surface area contributed by atoms with E-state index in [0.29, 0.717) is 6.04 Å². The molecule has 0 bridgehead atoms. The normalized spacial score (nSPS) is 22.2. The number of rotatable bonds is 5. The molecule has 0 aliphatic carbocycles. The van der Waals surface area contributed by atoms with Crippen molar-refractivity contribution in [1.29, 1.82) is 0 Å². The number of hydrogen-bond donors (Lipinski definition) is 1. The summed E-state index contributed by atoms with van der Waals surface area (Å²) in [5.41, 5.74) is 5.81. The molecule has 0 amide bonds. The van der Waals surface area contributed by atoms with Crippen LogP contribution in [0.4, 0.5) is 0 Å². The maximum atomic E-state index is 5.81. The van der Waals surface area contributed by atoms with Gasteiger partial charge in [0.25, 0.3) is 0 Å². The second-order valence-corrected chi connectivity index (χ2v) is 5.31. The fourth-order valence-electron chi connectivity index (χ4n) is 2.31. The maximum absolute atomic E-state index is 5.81. The molecular weight excluding hydrogens is 186 g/mol. The van der Waals surface area contributed by atoms with Crippen LogP contribution in [0, 0.1) is 5.92 Å². The lowest BCUT2D eigenvalue weighted by Gasteiger charge is -2.33. The molecule has 3 heteroatoms. The summed E-state index contributed by atoms with van der Waals surface area (Å²) in [6, 6.07) is 0.323. The summed E-state index contributed by atoms with van der Waals surface area (Å²) in [5, 5.41) is 0. The van der Waals surface area contributed by atoms with Gasteiger partial charge in [-0.2, -0.15) is 0 Å². The third-order valence-corrected chi connectivity index (χ3v) is 3.24. The summed E-state index contributed by atoms with van der Waals surface area (Å²) in [7, 11) is 4.32. The highest BCUT2D eigenvalue weighted by atomic mass is 15.1. The van der Waals surface area contributed by atoms with E-state index in [0.717, 1.165) is 12.5 Å². The molecule has 90 valence electrons. The summed E-state index contributed by atoms with van der Waals surface area (Å²) in [5.74, 6) is 0.941. The van der Waals surface area contributed by atoms with Crippen LogP contribution in [-0.2, 0) is 0 Å². The zero-order valence-electron chi connectivity index (χ0n) is 10.6. The van der Waals surface area contributed by atoms with Gasteiger partial charge in [0, 0.05) is 12.6 Å². The van der Waals surface area contributed by atoms with E-state index in [2.05, 4.69) is 30.8 Å². The van der Waals surface area contributed by atoms with Crippen molar-refractivity contribution in [3.8, 4) is 0 Å². The zero-order chi connectivity index (χ0) is 11.3. The van der Waals surface area contributed by atoms with Crippen LogP contribution < -0.4 is 5.73 Å². The van der Waals surface area contributed by atoms with E-state index < -0.39 is 0 Å². The second kappa shape index (κ2) is 6.46. The molecule has 0 spiro atoms. The van der Waals surface area contributed by atoms with Gasteiger partial charge in [-0.3, -0.25) is 0 Å². The molecule has 3 nitrogen and oxygen atoms in total. The van der Waals surface area contributed by atoms with E-state index in [9.17, 15) is 0 Å². The van der Waals surface area contributed by atoms with Gasteiger partial charge in [-0.1, -0.05) is 0 Å². The zero-order valence-corrected chi connectivity index (χ0v) is 10.6. The van der Waals surface area contributed by atoms with Gasteiger partial charge < -0.3 is 15.5 Å². The first kappa shape index (κ1) is 12.9. The molecule has 0 aromatic rings. The largest absolute Gasteiger partial charge is 0.327 e. The van der Waals surface area contributed by atoms with E-state index in [1.807, 2.05) is 0 Å². The van der Waals surface area contributed by atoms with Gasteiger partial charge in [0.05, 0.1) is 0 Å². The molecule has 1 rings (SSSR count). The summed E-state index contributed by atoms with van der Waals surface area (Å²) in [6.07, 6.45) is 4.08. The van der Waals surface area contributed by atoms with Crippen LogP contribution in [0.3, 0.4) is 0 Å². The minimum Gasteiger partial charge on any atom is -0.327 e. The molecule has 1 heterocycles. The first-order chi connectivity index (χ1) is 7.08. The van der Waals surface area contributed by atoms with E-state index in [1.165, 1.54) is 38.9 Å². The molecule has 0 saturated carbocycles. The Morgan fingerprint density at radius 2 is 1.93 bits per heavy atom. The first-order valence-corrected chi connectivity index (χ1v) is 6.20. The monoisotopic (exact) mass is 213 g/mol. The predicted octanol–water partition coefficient (Wildman–Crippen LogP) is 0.997. The van der Waals surface area contributed by atoms with Crippen LogP contribution in [0.1, 0.15) is 26.2 Å². The van der Waals surface area contributed by atoms with Gasteiger partial charge in [0.1, 0.15) is 0 Å². The van der Waals surface area contributed by atoms with E-state index >= 15 is 0 Å². The van der Waals surface area contributed by atoms with Crippen molar-refractivity contribution in [1.82, 2.24) is 9.80 Å². The Labute approximate surface area is 94.6 Å². The smallest absolute Gasteiger partial charge is 0.0139 e. The highest BCUT2D eigenvalue weighted by Gasteiger charge is 2.19. The minimum atomic E-state index is 0.323. The van der Waals surface area contributed by atoms with Crippen molar-refractivity contribution >= 4 is 0 Å². The number of nitrogens with two attached hydrogens (primary N) is 1. The Balaban J connectivity index is 2.12. The minimum absolute atomic E-state index is 0.323. The molecule has 0 aromatic heterocycles. The van der Waals surface area contributed by atoms with Crippen LogP contribution in [0.5, 0.6) is 0 Å². The lowest BCUT2D eigenvalue weighted by atomic mass is 9.93. The molecule has 1 aliphatic heterocycles. The quantitative estimate of drug-likeness (QED) is 0.739. The lowest BCUT2D eigenvalue weighted by molar-refractivity contribution is 0.166. The number of nitrogens with zero attached hydrogens (tertiary/aromatic N) is 2. The highest BCUT2D eigenvalue weighted by molar-refractivity contribution is 4.74. The molecule has 0 radical (unpaired) electrons. The van der Waals surface area contributed by atoms with E-state index in [1.54, 1.807) is 0 Å². The molecule has 2 N–H and O–H groups in total. The molecule has 1 saturated heterocycles. The van der Waals surface area contributed by atoms with E-state index in [4.69, 9.17) is 5.73 Å². The van der Waals surface area contributed by atoms with Crippen LogP contribution in [0.15, 0.2) is 0 Å². The van der Waals surface area contributed by atoms with Gasteiger partial charge in [-0.05, 0) is 65.8 Å². The van der Waals surface area contributed by atoms with Gasteiger partial charge in [0.2, 0.25) is 0 Å². The van der Waals surface area contributed by atoms with Crippen LogP contribution in [-0.4, -0.2) is 56.1 Å². The Morgan fingerprint density at radius 1 is 1.33 bits per heavy atom. The summed E-state index contributed by atoms with van der Waals surface area (Å²) < 4.78 is 0. The van der Waals surface area contributed by atoms with Gasteiger partial charge in [0.15, 0.2) is 0 Å². The van der Waals surface area contributed by atoms with Gasteiger partial charge in [-0.15, -0.1) is 0 Å². The second-order valence-electron chi connectivity index (χ2n) is 5.31. The molecule has 1 unspecified atom stereocenters. The van der Waals surface area contributed by atoms with Crippen molar-refractivity contribution in [2.75, 3.05) is 40.3 Å². The van der Waals surface area contributed by atoms with Crippen molar-refractivity contribution in [3.05, 3.63) is 0 Å². The van der Waals surface area contributed by atoms with Crippen molar-refractivity contribution in [3.63, 3.8) is 0 Å². The van der Waals surface area contributed by atoms with Crippen molar-refractivity contribution in [2.24, 2.45) is 11.7 Å². The fraction of sp³-hybridized carbons (Fsp3) is 1.00. The van der Waals surface area contributed by atoms with Gasteiger partial charge in [-0.25, -0.2) is 0 Å². The fourth-order valence-corrected chi connectivity index (χ4v) is 2.31. The third kappa shape index (κ3) is 5.50. The molecule has 0 aromatic carbocycles. The van der Waals surface area contributed by atoms with Gasteiger partial charge >= 0.3 is 0 Å². The Kier molecular flexibility index (Phi) is 5.58. The molecule has 1 atom stereocenters. The average molecular weight is 213 g/mol. The number of hydrogen-bond acceptors (Lipinski definition) is 3. The molecule has 1 fully saturated rings. The highest BCUT2D eigenvalue weighted by Crippen LogP contribution is 2.20. The lowest BCUT2D eigenvalue weighted by Crippen LogP contribution is -2.41. The average Bonchev–Trinajstić information content (AvgIpc) is 2.16. The van der Waals surface area contributed by atoms with Crippen molar-refractivity contribution < 1.29 is 0 Å². The Bertz CT molecular complexity index is 160. The van der Waals surface area contributed by atoms with Crippen molar-refractivity contribution in [2.45, 2.75) is 32.2 Å². The topological polar surface area (TPSA) is 32.5 Å². The molecule has 1 aliphatic rings. The van der Waals surface area contributed by atoms with Crippen LogP contribution in [0.25, 0.3) is 0 Å². The van der Waals surface area contributed by atoms with E-state index in [-0.39, 0.29) is 0 Å². The first-order valence-electron chi connectivity index (χ1n) is 6.20. The Hall–Kier alpha value is -0.120. The predicted molar refractivity (Wildman–Crippen MR) is 66.0 cm³/mol. The summed E-state index contributed by atoms with van der Waals surface area (Å²) in [4.78, 5) is 4.80. The number of piperidine rings is 1. The summed E-state index contributed by atoms with van der Waals surface area (Å²) >= 11 is 0. The van der Waals surface area contributed by atoms with Crippen LogP contribution >= 0.6 is 0 Å². The SMILES string of the molecule is CC(N)CN1CCC(CCN(C)C)CC1. The third-order valence-electron chi connectivity index (χ3n) is 3.24. The number of likely N-dealkylation sites (tertiary alicyclic amines) is 1. The summed E-state index contributed by atoms with van der Waals surface area (Å²) in [6.45, 7) is 6.90.